The Kier molecular flexibility index (Phi) is 4.26. The van der Waals surface area contributed by atoms with Crippen molar-refractivity contribution in [3.63, 3.8) is 0 Å². The quantitative estimate of drug-likeness (QED) is 0.699. The van der Waals surface area contributed by atoms with Crippen LogP contribution in [0.25, 0.3) is 11.3 Å². The molecule has 1 aromatic heterocycles. The molecule has 3 nitrogen and oxygen atoms in total. The van der Waals surface area contributed by atoms with Crippen molar-refractivity contribution < 1.29 is 9.21 Å². The van der Waals surface area contributed by atoms with E-state index in [1.807, 2.05) is 45.9 Å². The molecule has 1 N–H and O–H groups in total. The lowest BCUT2D eigenvalue weighted by molar-refractivity contribution is 0.102. The fraction of sp³-hybridized carbons (Fsp3) is 0.190. The van der Waals surface area contributed by atoms with E-state index in [0.29, 0.717) is 11.3 Å². The average molecular weight is 319 g/mol. The van der Waals surface area contributed by atoms with Crippen LogP contribution in [-0.2, 0) is 0 Å². The van der Waals surface area contributed by atoms with Gasteiger partial charge in [0.2, 0.25) is 0 Å². The van der Waals surface area contributed by atoms with Crippen molar-refractivity contribution >= 4 is 11.6 Å². The van der Waals surface area contributed by atoms with Gasteiger partial charge in [-0.3, -0.25) is 4.79 Å². The van der Waals surface area contributed by atoms with Gasteiger partial charge in [0.15, 0.2) is 0 Å². The third-order valence-electron chi connectivity index (χ3n) is 4.24. The number of nitrogens with one attached hydrogen (secondary N) is 1. The van der Waals surface area contributed by atoms with Gasteiger partial charge < -0.3 is 9.73 Å². The van der Waals surface area contributed by atoms with Gasteiger partial charge in [0.1, 0.15) is 12.0 Å². The summed E-state index contributed by atoms with van der Waals surface area (Å²) < 4.78 is 5.65. The van der Waals surface area contributed by atoms with Crippen molar-refractivity contribution in [2.24, 2.45) is 0 Å². The molecular formula is C21H21NO2. The number of carbonyl (C=O) groups is 1. The van der Waals surface area contributed by atoms with Crippen LogP contribution >= 0.6 is 0 Å². The Bertz CT molecular complexity index is 886. The summed E-state index contributed by atoms with van der Waals surface area (Å²) in [7, 11) is 0. The van der Waals surface area contributed by atoms with Crippen LogP contribution in [0.1, 0.15) is 32.6 Å². The van der Waals surface area contributed by atoms with E-state index in [-0.39, 0.29) is 5.91 Å². The predicted molar refractivity (Wildman–Crippen MR) is 97.5 cm³/mol. The van der Waals surface area contributed by atoms with Gasteiger partial charge in [0, 0.05) is 11.3 Å². The molecule has 0 bridgehead atoms. The van der Waals surface area contributed by atoms with Crippen molar-refractivity contribution in [2.75, 3.05) is 5.32 Å². The van der Waals surface area contributed by atoms with Crippen LogP contribution in [0.2, 0.25) is 0 Å². The van der Waals surface area contributed by atoms with Crippen LogP contribution in [0.4, 0.5) is 5.69 Å². The smallest absolute Gasteiger partial charge is 0.258 e. The highest BCUT2D eigenvalue weighted by atomic mass is 16.3. The minimum Gasteiger partial charge on any atom is -0.464 e. The van der Waals surface area contributed by atoms with E-state index >= 15 is 0 Å². The molecule has 0 aliphatic rings. The Balaban J connectivity index is 1.88. The Morgan fingerprint density at radius 3 is 2.33 bits per heavy atom. The monoisotopic (exact) mass is 319 g/mol. The molecule has 3 heteroatoms. The Morgan fingerprint density at radius 1 is 0.917 bits per heavy atom. The summed E-state index contributed by atoms with van der Waals surface area (Å²) in [4.78, 5) is 12.5. The van der Waals surface area contributed by atoms with Crippen molar-refractivity contribution in [3.8, 4) is 11.3 Å². The molecule has 0 atom stereocenters. The van der Waals surface area contributed by atoms with Crippen LogP contribution in [0.3, 0.4) is 0 Å². The van der Waals surface area contributed by atoms with E-state index in [2.05, 4.69) is 23.5 Å². The molecular weight excluding hydrogens is 298 g/mol. The van der Waals surface area contributed by atoms with Crippen molar-refractivity contribution in [1.82, 2.24) is 0 Å². The van der Waals surface area contributed by atoms with Crippen LogP contribution in [0.15, 0.2) is 53.1 Å². The van der Waals surface area contributed by atoms with E-state index in [4.69, 9.17) is 4.42 Å². The minimum absolute atomic E-state index is 0.160. The number of furan rings is 1. The fourth-order valence-electron chi connectivity index (χ4n) is 2.80. The predicted octanol–water partition coefficient (Wildman–Crippen LogP) is 5.43. The Hall–Kier alpha value is -2.81. The number of hydrogen-bond donors (Lipinski definition) is 1. The first-order valence-electron chi connectivity index (χ1n) is 7.99. The topological polar surface area (TPSA) is 42.2 Å². The molecule has 0 aliphatic carbocycles. The van der Waals surface area contributed by atoms with E-state index in [0.717, 1.165) is 33.5 Å². The third-order valence-corrected chi connectivity index (χ3v) is 4.24. The van der Waals surface area contributed by atoms with E-state index < -0.39 is 0 Å². The standard InChI is InChI=1S/C21H21NO2/c1-13-8-9-14(2)18(10-13)19-11-17(12-24-19)21(23)22-20-15(3)6-5-7-16(20)4/h5-12H,1-4H3,(H,22,23). The number of carbonyl (C=O) groups excluding carboxylic acids is 1. The van der Waals surface area contributed by atoms with Gasteiger partial charge in [-0.15, -0.1) is 0 Å². The maximum atomic E-state index is 12.5. The lowest BCUT2D eigenvalue weighted by atomic mass is 10.0. The molecule has 2 aromatic carbocycles. The second-order valence-corrected chi connectivity index (χ2v) is 6.24. The first-order valence-corrected chi connectivity index (χ1v) is 7.99. The maximum Gasteiger partial charge on any atom is 0.258 e. The summed E-state index contributed by atoms with van der Waals surface area (Å²) in [6, 6.07) is 13.9. The van der Waals surface area contributed by atoms with Gasteiger partial charge in [-0.05, 0) is 56.5 Å². The zero-order valence-electron chi connectivity index (χ0n) is 14.4. The lowest BCUT2D eigenvalue weighted by Crippen LogP contribution is -2.12. The van der Waals surface area contributed by atoms with Gasteiger partial charge in [0.25, 0.3) is 5.91 Å². The van der Waals surface area contributed by atoms with Gasteiger partial charge >= 0.3 is 0 Å². The summed E-state index contributed by atoms with van der Waals surface area (Å²) in [6.45, 7) is 8.05. The number of anilines is 1. The van der Waals surface area contributed by atoms with E-state index in [1.165, 1.54) is 6.26 Å². The van der Waals surface area contributed by atoms with E-state index in [1.54, 1.807) is 6.07 Å². The number of hydrogen-bond acceptors (Lipinski definition) is 2. The largest absolute Gasteiger partial charge is 0.464 e. The summed E-state index contributed by atoms with van der Waals surface area (Å²) in [5, 5.41) is 2.99. The minimum atomic E-state index is -0.160. The lowest BCUT2D eigenvalue weighted by Gasteiger charge is -2.10. The molecule has 0 aliphatic heterocycles. The molecule has 0 radical (unpaired) electrons. The SMILES string of the molecule is Cc1ccc(C)c(-c2cc(C(=O)Nc3c(C)cccc3C)co2)c1. The van der Waals surface area contributed by atoms with Crippen LogP contribution in [0.5, 0.6) is 0 Å². The molecule has 0 fully saturated rings. The maximum absolute atomic E-state index is 12.5. The fourth-order valence-corrected chi connectivity index (χ4v) is 2.80. The molecule has 0 spiro atoms. The zero-order valence-corrected chi connectivity index (χ0v) is 14.4. The van der Waals surface area contributed by atoms with Crippen LogP contribution in [-0.4, -0.2) is 5.91 Å². The molecule has 0 saturated carbocycles. The first kappa shape index (κ1) is 16.1. The summed E-state index contributed by atoms with van der Waals surface area (Å²) >= 11 is 0. The number of aryl methyl sites for hydroxylation is 4. The zero-order chi connectivity index (χ0) is 17.3. The van der Waals surface area contributed by atoms with Crippen LogP contribution < -0.4 is 5.32 Å². The van der Waals surface area contributed by atoms with Gasteiger partial charge in [-0.2, -0.15) is 0 Å². The third kappa shape index (κ3) is 3.11. The molecule has 3 rings (SSSR count). The number of benzene rings is 2. The molecule has 24 heavy (non-hydrogen) atoms. The van der Waals surface area contributed by atoms with Gasteiger partial charge in [-0.25, -0.2) is 0 Å². The molecule has 0 saturated heterocycles. The summed E-state index contributed by atoms with van der Waals surface area (Å²) in [5.74, 6) is 0.551. The van der Waals surface area contributed by atoms with E-state index in [9.17, 15) is 4.79 Å². The normalized spacial score (nSPS) is 10.7. The Morgan fingerprint density at radius 2 is 1.62 bits per heavy atom. The second kappa shape index (κ2) is 6.36. The van der Waals surface area contributed by atoms with Crippen molar-refractivity contribution in [1.29, 1.82) is 0 Å². The number of amides is 1. The molecule has 1 heterocycles. The van der Waals surface area contributed by atoms with Crippen LogP contribution in [0, 0.1) is 27.7 Å². The highest BCUT2D eigenvalue weighted by Crippen LogP contribution is 2.27. The highest BCUT2D eigenvalue weighted by molar-refractivity contribution is 6.05. The van der Waals surface area contributed by atoms with Gasteiger partial charge in [0.05, 0.1) is 5.56 Å². The second-order valence-electron chi connectivity index (χ2n) is 6.24. The summed E-state index contributed by atoms with van der Waals surface area (Å²) in [5.41, 5.74) is 6.76. The molecule has 122 valence electrons. The first-order chi connectivity index (χ1) is 11.5. The molecule has 3 aromatic rings. The van der Waals surface area contributed by atoms with Crippen molar-refractivity contribution in [3.05, 3.63) is 76.5 Å². The highest BCUT2D eigenvalue weighted by Gasteiger charge is 2.14. The Labute approximate surface area is 142 Å². The average Bonchev–Trinajstić information content (AvgIpc) is 3.03. The molecule has 0 unspecified atom stereocenters. The number of rotatable bonds is 3. The molecule has 1 amide bonds. The van der Waals surface area contributed by atoms with Gasteiger partial charge in [-0.1, -0.05) is 35.9 Å². The number of para-hydroxylation sites is 1. The summed E-state index contributed by atoms with van der Waals surface area (Å²) in [6.07, 6.45) is 1.51. The van der Waals surface area contributed by atoms with Crippen molar-refractivity contribution in [2.45, 2.75) is 27.7 Å².